The van der Waals surface area contributed by atoms with Gasteiger partial charge >= 0.3 is 0 Å². The zero-order valence-electron chi connectivity index (χ0n) is 16.0. The molecule has 0 aromatic heterocycles. The average Bonchev–Trinajstić information content (AvgIpc) is 2.66. The summed E-state index contributed by atoms with van der Waals surface area (Å²) in [6.07, 6.45) is 2.88. The zero-order chi connectivity index (χ0) is 18.7. The summed E-state index contributed by atoms with van der Waals surface area (Å²) in [6, 6.07) is 8.18. The Labute approximate surface area is 162 Å². The highest BCUT2D eigenvalue weighted by Gasteiger charge is 2.34. The van der Waals surface area contributed by atoms with Gasteiger partial charge in [-0.3, -0.25) is 4.99 Å². The molecule has 1 aliphatic heterocycles. The van der Waals surface area contributed by atoms with Crippen LogP contribution in [0.15, 0.2) is 29.3 Å². The summed E-state index contributed by atoms with van der Waals surface area (Å²) in [5.74, 6) is 0.858. The van der Waals surface area contributed by atoms with Crippen molar-refractivity contribution in [2.75, 3.05) is 46.1 Å². The SMILES string of the molecule is CCNC(=NCC1(c2cccc(Cl)c2)CCOCC1)NCCCOCC. The summed E-state index contributed by atoms with van der Waals surface area (Å²) in [4.78, 5) is 4.89. The molecular weight excluding hydrogens is 350 g/mol. The molecule has 146 valence electrons. The Morgan fingerprint density at radius 2 is 2.08 bits per heavy atom. The van der Waals surface area contributed by atoms with E-state index in [9.17, 15) is 0 Å². The normalized spacial score (nSPS) is 17.1. The number of nitrogens with one attached hydrogen (secondary N) is 2. The number of benzene rings is 1. The van der Waals surface area contributed by atoms with E-state index in [0.29, 0.717) is 0 Å². The summed E-state index contributed by atoms with van der Waals surface area (Å²) >= 11 is 6.25. The maximum Gasteiger partial charge on any atom is 0.191 e. The van der Waals surface area contributed by atoms with Crippen LogP contribution < -0.4 is 10.6 Å². The van der Waals surface area contributed by atoms with Crippen molar-refractivity contribution in [3.63, 3.8) is 0 Å². The van der Waals surface area contributed by atoms with Crippen LogP contribution in [0.3, 0.4) is 0 Å². The van der Waals surface area contributed by atoms with Crippen LogP contribution in [-0.2, 0) is 14.9 Å². The van der Waals surface area contributed by atoms with Crippen molar-refractivity contribution in [1.29, 1.82) is 0 Å². The molecule has 0 bridgehead atoms. The molecule has 1 heterocycles. The lowest BCUT2D eigenvalue weighted by molar-refractivity contribution is 0.0531. The predicted molar refractivity (Wildman–Crippen MR) is 108 cm³/mol. The zero-order valence-corrected chi connectivity index (χ0v) is 16.8. The quantitative estimate of drug-likeness (QED) is 0.391. The first-order valence-electron chi connectivity index (χ1n) is 9.64. The third kappa shape index (κ3) is 6.45. The van der Waals surface area contributed by atoms with Gasteiger partial charge in [-0.15, -0.1) is 0 Å². The monoisotopic (exact) mass is 381 g/mol. The number of guanidine groups is 1. The van der Waals surface area contributed by atoms with Crippen LogP contribution in [0.5, 0.6) is 0 Å². The molecule has 1 aliphatic rings. The minimum absolute atomic E-state index is 0.0170. The van der Waals surface area contributed by atoms with E-state index in [1.54, 1.807) is 0 Å². The van der Waals surface area contributed by atoms with Gasteiger partial charge < -0.3 is 20.1 Å². The van der Waals surface area contributed by atoms with E-state index in [1.807, 2.05) is 19.1 Å². The topological polar surface area (TPSA) is 54.9 Å². The summed E-state index contributed by atoms with van der Waals surface area (Å²) < 4.78 is 11.0. The molecule has 0 radical (unpaired) electrons. The van der Waals surface area contributed by atoms with E-state index in [-0.39, 0.29) is 5.41 Å². The van der Waals surface area contributed by atoms with Crippen molar-refractivity contribution in [2.24, 2.45) is 4.99 Å². The van der Waals surface area contributed by atoms with Crippen molar-refractivity contribution in [2.45, 2.75) is 38.5 Å². The largest absolute Gasteiger partial charge is 0.382 e. The minimum atomic E-state index is -0.0170. The lowest BCUT2D eigenvalue weighted by Crippen LogP contribution is -2.41. The second-order valence-corrected chi connectivity index (χ2v) is 7.01. The van der Waals surface area contributed by atoms with Crippen molar-refractivity contribution >= 4 is 17.6 Å². The van der Waals surface area contributed by atoms with E-state index in [4.69, 9.17) is 26.1 Å². The number of halogens is 1. The van der Waals surface area contributed by atoms with E-state index in [0.717, 1.165) is 76.3 Å². The molecule has 0 amide bonds. The van der Waals surface area contributed by atoms with Gasteiger partial charge in [0, 0.05) is 50.0 Å². The maximum absolute atomic E-state index is 6.25. The van der Waals surface area contributed by atoms with Gasteiger partial charge in [-0.25, -0.2) is 0 Å². The molecule has 6 heteroatoms. The molecule has 5 nitrogen and oxygen atoms in total. The van der Waals surface area contributed by atoms with Gasteiger partial charge in [0.2, 0.25) is 0 Å². The first-order chi connectivity index (χ1) is 12.7. The maximum atomic E-state index is 6.25. The van der Waals surface area contributed by atoms with E-state index in [1.165, 1.54) is 5.56 Å². The lowest BCUT2D eigenvalue weighted by Gasteiger charge is -2.36. The molecule has 0 unspecified atom stereocenters. The van der Waals surface area contributed by atoms with Crippen LogP contribution in [0.25, 0.3) is 0 Å². The van der Waals surface area contributed by atoms with E-state index in [2.05, 4.69) is 29.7 Å². The molecule has 2 rings (SSSR count). The third-order valence-corrected chi connectivity index (χ3v) is 4.97. The predicted octanol–water partition coefficient (Wildman–Crippen LogP) is 3.37. The number of hydrogen-bond acceptors (Lipinski definition) is 3. The average molecular weight is 382 g/mol. The summed E-state index contributed by atoms with van der Waals surface area (Å²) in [5, 5.41) is 7.51. The number of ether oxygens (including phenoxy) is 2. The van der Waals surface area contributed by atoms with Crippen molar-refractivity contribution < 1.29 is 9.47 Å². The van der Waals surface area contributed by atoms with Gasteiger partial charge in [-0.1, -0.05) is 23.7 Å². The Hall–Kier alpha value is -1.30. The van der Waals surface area contributed by atoms with Gasteiger partial charge in [-0.2, -0.15) is 0 Å². The highest BCUT2D eigenvalue weighted by atomic mass is 35.5. The summed E-state index contributed by atoms with van der Waals surface area (Å²) in [6.45, 7) is 9.56. The second kappa shape index (κ2) is 11.4. The molecule has 26 heavy (non-hydrogen) atoms. The highest BCUT2D eigenvalue weighted by molar-refractivity contribution is 6.30. The van der Waals surface area contributed by atoms with Crippen LogP contribution in [0.2, 0.25) is 5.02 Å². The molecule has 0 atom stereocenters. The van der Waals surface area contributed by atoms with Crippen molar-refractivity contribution in [3.05, 3.63) is 34.9 Å². The molecule has 1 saturated heterocycles. The Morgan fingerprint density at radius 1 is 1.27 bits per heavy atom. The molecule has 1 fully saturated rings. The second-order valence-electron chi connectivity index (χ2n) is 6.58. The molecule has 0 saturated carbocycles. The minimum Gasteiger partial charge on any atom is -0.382 e. The van der Waals surface area contributed by atoms with Gasteiger partial charge in [0.25, 0.3) is 0 Å². The fourth-order valence-corrected chi connectivity index (χ4v) is 3.41. The number of rotatable bonds is 9. The molecule has 0 spiro atoms. The molecule has 1 aromatic rings. The van der Waals surface area contributed by atoms with Gasteiger partial charge in [0.05, 0.1) is 6.54 Å². The standard InChI is InChI=1S/C20H32ClN3O2/c1-3-22-19(23-11-6-12-25-4-2)24-16-20(9-13-26-14-10-20)17-7-5-8-18(21)15-17/h5,7-8,15H,3-4,6,9-14,16H2,1-2H3,(H2,22,23,24). The molecule has 2 N–H and O–H groups in total. The van der Waals surface area contributed by atoms with Crippen LogP contribution in [0.1, 0.15) is 38.7 Å². The first-order valence-corrected chi connectivity index (χ1v) is 10.0. The highest BCUT2D eigenvalue weighted by Crippen LogP contribution is 2.36. The fourth-order valence-electron chi connectivity index (χ4n) is 3.22. The van der Waals surface area contributed by atoms with Crippen molar-refractivity contribution in [3.8, 4) is 0 Å². The number of nitrogens with zero attached hydrogens (tertiary/aromatic N) is 1. The molecular formula is C20H32ClN3O2. The third-order valence-electron chi connectivity index (χ3n) is 4.73. The van der Waals surface area contributed by atoms with Crippen LogP contribution in [0.4, 0.5) is 0 Å². The Morgan fingerprint density at radius 3 is 2.77 bits per heavy atom. The van der Waals surface area contributed by atoms with Gasteiger partial charge in [0.1, 0.15) is 0 Å². The Balaban J connectivity index is 2.06. The smallest absolute Gasteiger partial charge is 0.191 e. The molecule has 1 aromatic carbocycles. The number of aliphatic imine (C=N–C) groups is 1. The van der Waals surface area contributed by atoms with Gasteiger partial charge in [0.15, 0.2) is 5.96 Å². The fraction of sp³-hybridized carbons (Fsp3) is 0.650. The first kappa shape index (κ1) is 21.0. The van der Waals surface area contributed by atoms with Crippen LogP contribution >= 0.6 is 11.6 Å². The summed E-state index contributed by atoms with van der Waals surface area (Å²) in [7, 11) is 0. The van der Waals surface area contributed by atoms with Gasteiger partial charge in [-0.05, 0) is 50.8 Å². The van der Waals surface area contributed by atoms with E-state index < -0.39 is 0 Å². The Bertz CT molecular complexity index is 560. The van der Waals surface area contributed by atoms with Crippen molar-refractivity contribution in [1.82, 2.24) is 10.6 Å². The van der Waals surface area contributed by atoms with E-state index >= 15 is 0 Å². The number of hydrogen-bond donors (Lipinski definition) is 2. The Kier molecular flexibility index (Phi) is 9.23. The summed E-state index contributed by atoms with van der Waals surface area (Å²) in [5.41, 5.74) is 1.24. The molecule has 0 aliphatic carbocycles. The van der Waals surface area contributed by atoms with Crippen LogP contribution in [0, 0.1) is 0 Å². The lowest BCUT2D eigenvalue weighted by atomic mass is 9.74. The van der Waals surface area contributed by atoms with Crippen LogP contribution in [-0.4, -0.2) is 52.0 Å².